The molecule has 1 aliphatic carbocycles. The van der Waals surface area contributed by atoms with E-state index in [0.29, 0.717) is 17.5 Å². The fourth-order valence-corrected chi connectivity index (χ4v) is 2.87. The molecule has 2 nitrogen and oxygen atoms in total. The predicted octanol–water partition coefficient (Wildman–Crippen LogP) is 2.85. The first-order valence-corrected chi connectivity index (χ1v) is 6.22. The van der Waals surface area contributed by atoms with Crippen molar-refractivity contribution in [3.63, 3.8) is 0 Å². The second kappa shape index (κ2) is 4.18. The van der Waals surface area contributed by atoms with Crippen molar-refractivity contribution in [1.29, 1.82) is 5.26 Å². The standard InChI is InChI=1S/C16H13FN2/c17-15-4-2-1-3-14(15)16(19)8-7-12-9-11(10-18)5-6-13(12)16/h1-6,9H,7-8,19H2. The van der Waals surface area contributed by atoms with Crippen LogP contribution in [-0.2, 0) is 12.0 Å². The van der Waals surface area contributed by atoms with Crippen LogP contribution < -0.4 is 5.73 Å². The summed E-state index contributed by atoms with van der Waals surface area (Å²) in [5.74, 6) is -0.276. The first-order chi connectivity index (χ1) is 9.15. The van der Waals surface area contributed by atoms with E-state index in [2.05, 4.69) is 6.07 Å². The molecule has 0 saturated carbocycles. The SMILES string of the molecule is N#Cc1ccc2c(c1)CCC2(N)c1ccccc1F. The van der Waals surface area contributed by atoms with Gasteiger partial charge < -0.3 is 5.73 Å². The number of fused-ring (bicyclic) bond motifs is 1. The number of benzene rings is 2. The van der Waals surface area contributed by atoms with E-state index in [-0.39, 0.29) is 5.82 Å². The number of hydrogen-bond acceptors (Lipinski definition) is 2. The Morgan fingerprint density at radius 1 is 1.16 bits per heavy atom. The zero-order valence-corrected chi connectivity index (χ0v) is 10.4. The van der Waals surface area contributed by atoms with Gasteiger partial charge in [0.05, 0.1) is 17.2 Å². The lowest BCUT2D eigenvalue weighted by molar-refractivity contribution is 0.491. The van der Waals surface area contributed by atoms with Crippen molar-refractivity contribution in [3.05, 3.63) is 70.5 Å². The Kier molecular flexibility index (Phi) is 2.62. The van der Waals surface area contributed by atoms with E-state index in [1.54, 1.807) is 24.3 Å². The van der Waals surface area contributed by atoms with Crippen molar-refractivity contribution in [1.82, 2.24) is 0 Å². The van der Waals surface area contributed by atoms with Gasteiger partial charge in [0.1, 0.15) is 5.82 Å². The maximum Gasteiger partial charge on any atom is 0.128 e. The average Bonchev–Trinajstić information content (AvgIpc) is 2.77. The Morgan fingerprint density at radius 2 is 1.95 bits per heavy atom. The van der Waals surface area contributed by atoms with E-state index in [9.17, 15) is 4.39 Å². The fourth-order valence-electron chi connectivity index (χ4n) is 2.87. The van der Waals surface area contributed by atoms with E-state index in [0.717, 1.165) is 17.5 Å². The zero-order chi connectivity index (χ0) is 13.5. The van der Waals surface area contributed by atoms with Crippen LogP contribution >= 0.6 is 0 Å². The lowest BCUT2D eigenvalue weighted by Gasteiger charge is -2.26. The third-order valence-electron chi connectivity index (χ3n) is 3.86. The van der Waals surface area contributed by atoms with Gasteiger partial charge in [0.25, 0.3) is 0 Å². The molecule has 1 unspecified atom stereocenters. The van der Waals surface area contributed by atoms with E-state index in [1.165, 1.54) is 6.07 Å². The summed E-state index contributed by atoms with van der Waals surface area (Å²) in [6.45, 7) is 0. The molecule has 0 radical (unpaired) electrons. The number of rotatable bonds is 1. The van der Waals surface area contributed by atoms with Crippen molar-refractivity contribution < 1.29 is 4.39 Å². The van der Waals surface area contributed by atoms with Crippen LogP contribution in [0.2, 0.25) is 0 Å². The molecule has 0 aromatic heterocycles. The topological polar surface area (TPSA) is 49.8 Å². The van der Waals surface area contributed by atoms with Gasteiger partial charge in [-0.05, 0) is 42.2 Å². The monoisotopic (exact) mass is 252 g/mol. The molecule has 1 aliphatic rings. The first-order valence-electron chi connectivity index (χ1n) is 6.22. The van der Waals surface area contributed by atoms with Gasteiger partial charge in [0.2, 0.25) is 0 Å². The van der Waals surface area contributed by atoms with Gasteiger partial charge >= 0.3 is 0 Å². The van der Waals surface area contributed by atoms with Crippen LogP contribution in [0.15, 0.2) is 42.5 Å². The number of nitriles is 1. The molecule has 3 rings (SSSR count). The maximum absolute atomic E-state index is 14.0. The molecule has 0 spiro atoms. The lowest BCUT2D eigenvalue weighted by Crippen LogP contribution is -2.36. The van der Waals surface area contributed by atoms with Gasteiger partial charge in [-0.15, -0.1) is 0 Å². The van der Waals surface area contributed by atoms with Gasteiger partial charge in [-0.25, -0.2) is 4.39 Å². The molecule has 0 aliphatic heterocycles. The van der Waals surface area contributed by atoms with Crippen molar-refractivity contribution in [2.75, 3.05) is 0 Å². The van der Waals surface area contributed by atoms with E-state index < -0.39 is 5.54 Å². The van der Waals surface area contributed by atoms with Crippen LogP contribution in [0.25, 0.3) is 0 Å². The third kappa shape index (κ3) is 1.73. The average molecular weight is 252 g/mol. The van der Waals surface area contributed by atoms with Crippen LogP contribution in [0.5, 0.6) is 0 Å². The molecule has 0 fully saturated rings. The molecule has 94 valence electrons. The number of halogens is 1. The lowest BCUT2D eigenvalue weighted by atomic mass is 9.84. The van der Waals surface area contributed by atoms with Crippen LogP contribution in [0.4, 0.5) is 4.39 Å². The summed E-state index contributed by atoms with van der Waals surface area (Å²) in [7, 11) is 0. The molecule has 0 amide bonds. The zero-order valence-electron chi connectivity index (χ0n) is 10.4. The molecule has 2 N–H and O–H groups in total. The molecule has 2 aromatic rings. The Labute approximate surface area is 111 Å². The highest BCUT2D eigenvalue weighted by atomic mass is 19.1. The number of nitrogens with zero attached hydrogens (tertiary/aromatic N) is 1. The fraction of sp³-hybridized carbons (Fsp3) is 0.188. The molecular formula is C16H13FN2. The Morgan fingerprint density at radius 3 is 2.68 bits per heavy atom. The summed E-state index contributed by atoms with van der Waals surface area (Å²) in [4.78, 5) is 0. The normalized spacial score (nSPS) is 20.9. The van der Waals surface area contributed by atoms with Crippen molar-refractivity contribution in [3.8, 4) is 6.07 Å². The van der Waals surface area contributed by atoms with Crippen LogP contribution in [-0.4, -0.2) is 0 Å². The summed E-state index contributed by atoms with van der Waals surface area (Å²) in [6, 6.07) is 14.2. The molecular weight excluding hydrogens is 239 g/mol. The number of aryl methyl sites for hydroxylation is 1. The Balaban J connectivity index is 2.16. The quantitative estimate of drug-likeness (QED) is 0.848. The Bertz CT molecular complexity index is 687. The third-order valence-corrected chi connectivity index (χ3v) is 3.86. The Hall–Kier alpha value is -2.18. The highest BCUT2D eigenvalue weighted by molar-refractivity contribution is 5.50. The summed E-state index contributed by atoms with van der Waals surface area (Å²) < 4.78 is 14.0. The summed E-state index contributed by atoms with van der Waals surface area (Å²) in [5, 5.41) is 8.92. The highest BCUT2D eigenvalue weighted by Gasteiger charge is 2.38. The smallest absolute Gasteiger partial charge is 0.128 e. The van der Waals surface area contributed by atoms with E-state index in [4.69, 9.17) is 11.0 Å². The predicted molar refractivity (Wildman–Crippen MR) is 70.8 cm³/mol. The molecule has 2 aromatic carbocycles. The highest BCUT2D eigenvalue weighted by Crippen LogP contribution is 2.41. The minimum Gasteiger partial charge on any atom is -0.318 e. The van der Waals surface area contributed by atoms with Gasteiger partial charge in [0.15, 0.2) is 0 Å². The molecule has 0 bridgehead atoms. The molecule has 0 heterocycles. The molecule has 3 heteroatoms. The van der Waals surface area contributed by atoms with Crippen molar-refractivity contribution in [2.24, 2.45) is 5.73 Å². The minimum absolute atomic E-state index is 0.276. The molecule has 1 atom stereocenters. The van der Waals surface area contributed by atoms with Gasteiger partial charge in [0, 0.05) is 5.56 Å². The van der Waals surface area contributed by atoms with E-state index in [1.807, 2.05) is 12.1 Å². The second-order valence-corrected chi connectivity index (χ2v) is 4.93. The summed E-state index contributed by atoms with van der Waals surface area (Å²) in [6.07, 6.45) is 1.44. The largest absolute Gasteiger partial charge is 0.318 e. The van der Waals surface area contributed by atoms with Gasteiger partial charge in [-0.1, -0.05) is 24.3 Å². The molecule has 0 saturated heterocycles. The first kappa shape index (κ1) is 11.9. The number of hydrogen-bond donors (Lipinski definition) is 1. The summed E-state index contributed by atoms with van der Waals surface area (Å²) in [5.41, 5.74) is 8.80. The number of nitrogens with two attached hydrogens (primary N) is 1. The van der Waals surface area contributed by atoms with Crippen molar-refractivity contribution in [2.45, 2.75) is 18.4 Å². The van der Waals surface area contributed by atoms with Gasteiger partial charge in [-0.3, -0.25) is 0 Å². The minimum atomic E-state index is -0.783. The van der Waals surface area contributed by atoms with Gasteiger partial charge in [-0.2, -0.15) is 5.26 Å². The van der Waals surface area contributed by atoms with E-state index >= 15 is 0 Å². The second-order valence-electron chi connectivity index (χ2n) is 4.93. The van der Waals surface area contributed by atoms with Crippen LogP contribution in [0, 0.1) is 17.1 Å². The molecule has 19 heavy (non-hydrogen) atoms. The van der Waals surface area contributed by atoms with Crippen LogP contribution in [0.3, 0.4) is 0 Å². The van der Waals surface area contributed by atoms with Crippen LogP contribution in [0.1, 0.15) is 28.7 Å². The summed E-state index contributed by atoms with van der Waals surface area (Å²) >= 11 is 0. The van der Waals surface area contributed by atoms with Crippen molar-refractivity contribution >= 4 is 0 Å². The maximum atomic E-state index is 14.0.